The van der Waals surface area contributed by atoms with Crippen molar-refractivity contribution in [1.82, 2.24) is 9.97 Å². The van der Waals surface area contributed by atoms with Gasteiger partial charge in [0.15, 0.2) is 0 Å². The summed E-state index contributed by atoms with van der Waals surface area (Å²) in [6, 6.07) is 9.02. The van der Waals surface area contributed by atoms with E-state index in [9.17, 15) is 4.79 Å². The van der Waals surface area contributed by atoms with Crippen molar-refractivity contribution in [3.63, 3.8) is 0 Å². The highest BCUT2D eigenvalue weighted by molar-refractivity contribution is 6.00. The fourth-order valence-corrected chi connectivity index (χ4v) is 2.30. The van der Waals surface area contributed by atoms with Gasteiger partial charge < -0.3 is 14.9 Å². The molecule has 110 valence electrons. The minimum absolute atomic E-state index is 0.403. The summed E-state index contributed by atoms with van der Waals surface area (Å²) >= 11 is 0. The lowest BCUT2D eigenvalue weighted by Gasteiger charge is -2.04. The number of rotatable bonds is 3. The van der Waals surface area contributed by atoms with Crippen LogP contribution in [0.4, 0.5) is 0 Å². The van der Waals surface area contributed by atoms with Gasteiger partial charge in [-0.2, -0.15) is 0 Å². The van der Waals surface area contributed by atoms with Gasteiger partial charge in [-0.1, -0.05) is 11.2 Å². The third-order valence-electron chi connectivity index (χ3n) is 3.39. The zero-order valence-electron chi connectivity index (χ0n) is 11.8. The van der Waals surface area contributed by atoms with Crippen LogP contribution in [0.5, 0.6) is 0 Å². The Bertz CT molecular complexity index is 868. The molecule has 3 rings (SSSR count). The molecular formula is C16H13N3O3. The second-order valence-electron chi connectivity index (χ2n) is 4.67. The number of esters is 1. The molecule has 0 saturated heterocycles. The minimum atomic E-state index is -0.403. The van der Waals surface area contributed by atoms with Gasteiger partial charge in [-0.25, -0.2) is 4.79 Å². The molecule has 2 aromatic heterocycles. The second kappa shape index (κ2) is 5.69. The Morgan fingerprint density at radius 2 is 2.23 bits per heavy atom. The number of hydrogen-bond acceptors (Lipinski definition) is 5. The summed E-state index contributed by atoms with van der Waals surface area (Å²) in [5.41, 5.74) is 3.65. The van der Waals surface area contributed by atoms with E-state index in [2.05, 4.69) is 15.1 Å². The number of nitrogens with one attached hydrogen (secondary N) is 1. The van der Waals surface area contributed by atoms with Crippen molar-refractivity contribution in [3.05, 3.63) is 53.9 Å². The van der Waals surface area contributed by atoms with Gasteiger partial charge in [0.25, 0.3) is 0 Å². The standard InChI is InChI=1S/C16H13N3O3/c1-22-16(20)11-4-5-17-15(7-11)10-2-3-14-13(6-10)12(8-18-14)9-19-21/h2-9,18,21H,1H3. The Kier molecular flexibility index (Phi) is 3.57. The fraction of sp³-hybridized carbons (Fsp3) is 0.0625. The average Bonchev–Trinajstić information content (AvgIpc) is 2.97. The number of fused-ring (bicyclic) bond motifs is 1. The highest BCUT2D eigenvalue weighted by atomic mass is 16.5. The molecule has 2 heterocycles. The van der Waals surface area contributed by atoms with Crippen LogP contribution in [0.2, 0.25) is 0 Å². The molecule has 6 nitrogen and oxygen atoms in total. The summed E-state index contributed by atoms with van der Waals surface area (Å²) < 4.78 is 4.72. The van der Waals surface area contributed by atoms with E-state index in [0.717, 1.165) is 22.0 Å². The van der Waals surface area contributed by atoms with E-state index in [1.54, 1.807) is 24.5 Å². The maximum absolute atomic E-state index is 11.6. The third kappa shape index (κ3) is 2.42. The molecule has 0 saturated carbocycles. The van der Waals surface area contributed by atoms with Crippen LogP contribution < -0.4 is 0 Å². The molecule has 0 unspecified atom stereocenters. The normalized spacial score (nSPS) is 11.1. The number of hydrogen-bond donors (Lipinski definition) is 2. The topological polar surface area (TPSA) is 87.6 Å². The molecule has 22 heavy (non-hydrogen) atoms. The predicted octanol–water partition coefficient (Wildman–Crippen LogP) is 2.82. The van der Waals surface area contributed by atoms with Crippen molar-refractivity contribution in [2.24, 2.45) is 5.16 Å². The van der Waals surface area contributed by atoms with Gasteiger partial charge in [0, 0.05) is 34.4 Å². The number of methoxy groups -OCH3 is 1. The van der Waals surface area contributed by atoms with Gasteiger partial charge in [-0.05, 0) is 24.3 Å². The van der Waals surface area contributed by atoms with Crippen LogP contribution in [-0.4, -0.2) is 34.5 Å². The van der Waals surface area contributed by atoms with Crippen molar-refractivity contribution in [1.29, 1.82) is 0 Å². The Labute approximate surface area is 126 Å². The largest absolute Gasteiger partial charge is 0.465 e. The SMILES string of the molecule is COC(=O)c1ccnc(-c2ccc3[nH]cc(C=NO)c3c2)c1. The minimum Gasteiger partial charge on any atom is -0.465 e. The summed E-state index contributed by atoms with van der Waals surface area (Å²) in [6.07, 6.45) is 4.69. The summed E-state index contributed by atoms with van der Waals surface area (Å²) in [5, 5.41) is 12.7. The predicted molar refractivity (Wildman–Crippen MR) is 82.2 cm³/mol. The van der Waals surface area contributed by atoms with Crippen molar-refractivity contribution in [3.8, 4) is 11.3 Å². The molecule has 0 aliphatic carbocycles. The monoisotopic (exact) mass is 295 g/mol. The van der Waals surface area contributed by atoms with Crippen LogP contribution in [0.15, 0.2) is 47.9 Å². The van der Waals surface area contributed by atoms with Crippen molar-refractivity contribution < 1.29 is 14.7 Å². The molecule has 2 N–H and O–H groups in total. The molecular weight excluding hydrogens is 282 g/mol. The zero-order valence-corrected chi connectivity index (χ0v) is 11.8. The van der Waals surface area contributed by atoms with Gasteiger partial charge in [-0.3, -0.25) is 4.98 Å². The van der Waals surface area contributed by atoms with Crippen molar-refractivity contribution in [2.45, 2.75) is 0 Å². The second-order valence-corrected chi connectivity index (χ2v) is 4.67. The number of carbonyl (C=O) groups excluding carboxylic acids is 1. The van der Waals surface area contributed by atoms with E-state index in [0.29, 0.717) is 11.3 Å². The molecule has 3 aromatic rings. The van der Waals surface area contributed by atoms with Gasteiger partial charge in [0.05, 0.1) is 24.6 Å². The van der Waals surface area contributed by atoms with Crippen LogP contribution in [0.25, 0.3) is 22.2 Å². The van der Waals surface area contributed by atoms with Crippen LogP contribution in [0.1, 0.15) is 15.9 Å². The van der Waals surface area contributed by atoms with Gasteiger partial charge >= 0.3 is 5.97 Å². The van der Waals surface area contributed by atoms with Gasteiger partial charge in [-0.15, -0.1) is 0 Å². The Hall–Kier alpha value is -3.15. The fourth-order valence-electron chi connectivity index (χ4n) is 2.30. The number of nitrogens with zero attached hydrogens (tertiary/aromatic N) is 2. The first-order chi connectivity index (χ1) is 10.7. The van der Waals surface area contributed by atoms with Crippen LogP contribution >= 0.6 is 0 Å². The van der Waals surface area contributed by atoms with E-state index < -0.39 is 5.97 Å². The number of carbonyl (C=O) groups is 1. The highest BCUT2D eigenvalue weighted by Crippen LogP contribution is 2.25. The first-order valence-electron chi connectivity index (χ1n) is 6.56. The first kappa shape index (κ1) is 13.8. The molecule has 6 heteroatoms. The number of H-pyrrole nitrogens is 1. The molecule has 0 fully saturated rings. The lowest BCUT2D eigenvalue weighted by molar-refractivity contribution is 0.0600. The number of ether oxygens (including phenoxy) is 1. The van der Waals surface area contributed by atoms with Crippen LogP contribution in [-0.2, 0) is 4.74 Å². The lowest BCUT2D eigenvalue weighted by Crippen LogP contribution is -2.01. The number of aromatic nitrogens is 2. The number of aromatic amines is 1. The third-order valence-corrected chi connectivity index (χ3v) is 3.39. The molecule has 0 bridgehead atoms. The smallest absolute Gasteiger partial charge is 0.337 e. The summed E-state index contributed by atoms with van der Waals surface area (Å²) in [6.45, 7) is 0. The Morgan fingerprint density at radius 1 is 1.36 bits per heavy atom. The molecule has 0 aliphatic heterocycles. The van der Waals surface area contributed by atoms with Gasteiger partial charge in [0.2, 0.25) is 0 Å². The zero-order chi connectivity index (χ0) is 15.5. The molecule has 0 radical (unpaired) electrons. The van der Waals surface area contributed by atoms with Crippen LogP contribution in [0.3, 0.4) is 0 Å². The van der Waals surface area contributed by atoms with Crippen LogP contribution in [0, 0.1) is 0 Å². The van der Waals surface area contributed by atoms with Gasteiger partial charge in [0.1, 0.15) is 0 Å². The summed E-state index contributed by atoms with van der Waals surface area (Å²) in [7, 11) is 1.34. The Balaban J connectivity index is 2.10. The maximum Gasteiger partial charge on any atom is 0.337 e. The number of benzene rings is 1. The molecule has 1 aromatic carbocycles. The summed E-state index contributed by atoms with van der Waals surface area (Å²) in [5.74, 6) is -0.403. The average molecular weight is 295 g/mol. The maximum atomic E-state index is 11.6. The number of pyridine rings is 1. The molecule has 0 aliphatic rings. The van der Waals surface area contributed by atoms with E-state index in [1.807, 2.05) is 18.2 Å². The van der Waals surface area contributed by atoms with Crippen molar-refractivity contribution >= 4 is 23.1 Å². The molecule has 0 spiro atoms. The lowest BCUT2D eigenvalue weighted by atomic mass is 10.1. The quantitative estimate of drug-likeness (QED) is 0.336. The summed E-state index contributed by atoms with van der Waals surface area (Å²) in [4.78, 5) is 19.0. The van der Waals surface area contributed by atoms with E-state index in [-0.39, 0.29) is 0 Å². The first-order valence-corrected chi connectivity index (χ1v) is 6.56. The molecule has 0 atom stereocenters. The number of oxime groups is 1. The molecule has 0 amide bonds. The van der Waals surface area contributed by atoms with E-state index >= 15 is 0 Å². The Morgan fingerprint density at radius 3 is 3.00 bits per heavy atom. The van der Waals surface area contributed by atoms with E-state index in [4.69, 9.17) is 9.94 Å². The van der Waals surface area contributed by atoms with Crippen molar-refractivity contribution in [2.75, 3.05) is 7.11 Å². The van der Waals surface area contributed by atoms with E-state index in [1.165, 1.54) is 13.3 Å². The highest BCUT2D eigenvalue weighted by Gasteiger charge is 2.09.